The first kappa shape index (κ1) is 16.7. The van der Waals surface area contributed by atoms with Gasteiger partial charge in [0.1, 0.15) is 6.04 Å². The van der Waals surface area contributed by atoms with E-state index in [4.69, 9.17) is 26.2 Å². The molecule has 0 spiro atoms. The summed E-state index contributed by atoms with van der Waals surface area (Å²) in [4.78, 5) is 29.2. The molecule has 0 aliphatic carbocycles. The van der Waals surface area contributed by atoms with Gasteiger partial charge in [-0.15, -0.1) is 0 Å². The summed E-state index contributed by atoms with van der Waals surface area (Å²) in [5, 5.41) is 32.0. The normalized spacial score (nSPS) is 10.9. The number of aliphatic carboxylic acids is 3. The zero-order valence-electron chi connectivity index (χ0n) is 8.50. The lowest BCUT2D eigenvalue weighted by Crippen LogP contribution is -2.33. The Morgan fingerprint density at radius 3 is 1.50 bits per heavy atom. The Labute approximate surface area is 91.3 Å². The van der Waals surface area contributed by atoms with Crippen molar-refractivity contribution in [3.63, 3.8) is 0 Å². The highest BCUT2D eigenvalue weighted by Crippen LogP contribution is 1.93. The predicted molar refractivity (Wildman–Crippen MR) is 51.8 cm³/mol. The van der Waals surface area contributed by atoms with Crippen LogP contribution in [0.15, 0.2) is 0 Å². The molecule has 94 valence electrons. The molecule has 0 bridgehead atoms. The van der Waals surface area contributed by atoms with Crippen LogP contribution in [0.3, 0.4) is 0 Å². The molecule has 16 heavy (non-hydrogen) atoms. The molecule has 0 saturated heterocycles. The number of aliphatic hydroxyl groups excluding tert-OH is 1. The largest absolute Gasteiger partial charge is 0.481 e. The molecule has 1 atom stereocenters. The SMILES string of the molecule is NC(CO)C(=O)O.O=C(O)CCCC(=O)O. The molecule has 0 aromatic rings. The molecule has 6 N–H and O–H groups in total. The lowest BCUT2D eigenvalue weighted by Gasteiger charge is -1.96. The second-order valence-corrected chi connectivity index (χ2v) is 2.77. The summed E-state index contributed by atoms with van der Waals surface area (Å²) in [5.74, 6) is -3.07. The van der Waals surface area contributed by atoms with Crippen molar-refractivity contribution in [2.45, 2.75) is 25.3 Å². The van der Waals surface area contributed by atoms with Gasteiger partial charge in [0.15, 0.2) is 0 Å². The number of carboxylic acids is 3. The van der Waals surface area contributed by atoms with Crippen LogP contribution >= 0.6 is 0 Å². The third-order valence-corrected chi connectivity index (χ3v) is 1.30. The molecule has 0 saturated carbocycles. The highest BCUT2D eigenvalue weighted by molar-refractivity contribution is 5.73. The van der Waals surface area contributed by atoms with Gasteiger partial charge >= 0.3 is 17.9 Å². The maximum absolute atomic E-state index is 9.79. The zero-order valence-corrected chi connectivity index (χ0v) is 8.50. The van der Waals surface area contributed by atoms with Crippen LogP contribution in [-0.2, 0) is 14.4 Å². The number of aliphatic hydroxyl groups is 1. The summed E-state index contributed by atoms with van der Waals surface area (Å²) in [6.07, 6.45) is 0.0866. The maximum atomic E-state index is 9.79. The van der Waals surface area contributed by atoms with Crippen molar-refractivity contribution >= 4 is 17.9 Å². The first-order valence-electron chi connectivity index (χ1n) is 4.34. The zero-order chi connectivity index (χ0) is 13.1. The molecule has 0 aromatic heterocycles. The van der Waals surface area contributed by atoms with E-state index >= 15 is 0 Å². The summed E-state index contributed by atoms with van der Waals surface area (Å²) >= 11 is 0. The third kappa shape index (κ3) is 14.8. The van der Waals surface area contributed by atoms with Crippen LogP contribution in [-0.4, -0.2) is 51.0 Å². The van der Waals surface area contributed by atoms with Crippen LogP contribution in [0.5, 0.6) is 0 Å². The van der Waals surface area contributed by atoms with Crippen LogP contribution in [0.4, 0.5) is 0 Å². The molecular weight excluding hydrogens is 222 g/mol. The van der Waals surface area contributed by atoms with Crippen molar-refractivity contribution in [3.05, 3.63) is 0 Å². The Morgan fingerprint density at radius 1 is 1.00 bits per heavy atom. The molecule has 0 fully saturated rings. The van der Waals surface area contributed by atoms with Gasteiger partial charge in [0, 0.05) is 12.8 Å². The first-order chi connectivity index (χ1) is 7.31. The summed E-state index contributed by atoms with van der Waals surface area (Å²) in [5.41, 5.74) is 4.77. The van der Waals surface area contributed by atoms with Crippen molar-refractivity contribution in [3.8, 4) is 0 Å². The van der Waals surface area contributed by atoms with E-state index in [0.717, 1.165) is 0 Å². The van der Waals surface area contributed by atoms with Crippen molar-refractivity contribution in [2.75, 3.05) is 6.61 Å². The Balaban J connectivity index is 0. The molecule has 0 radical (unpaired) electrons. The Morgan fingerprint density at radius 2 is 1.38 bits per heavy atom. The fourth-order valence-corrected chi connectivity index (χ4v) is 0.469. The number of rotatable bonds is 6. The number of nitrogens with two attached hydrogens (primary N) is 1. The molecule has 8 heteroatoms. The fraction of sp³-hybridized carbons (Fsp3) is 0.625. The van der Waals surface area contributed by atoms with Crippen LogP contribution in [0.1, 0.15) is 19.3 Å². The topological polar surface area (TPSA) is 158 Å². The smallest absolute Gasteiger partial charge is 0.322 e. The van der Waals surface area contributed by atoms with E-state index in [9.17, 15) is 14.4 Å². The van der Waals surface area contributed by atoms with E-state index in [1.807, 2.05) is 0 Å². The van der Waals surface area contributed by atoms with Gasteiger partial charge < -0.3 is 26.2 Å². The fourth-order valence-electron chi connectivity index (χ4n) is 0.469. The molecule has 8 nitrogen and oxygen atoms in total. The molecule has 1 unspecified atom stereocenters. The maximum Gasteiger partial charge on any atom is 0.322 e. The molecule has 0 aliphatic rings. The Kier molecular flexibility index (Phi) is 10.3. The average molecular weight is 237 g/mol. The summed E-state index contributed by atoms with van der Waals surface area (Å²) in [6, 6.07) is -1.13. The van der Waals surface area contributed by atoms with Gasteiger partial charge in [-0.3, -0.25) is 14.4 Å². The second kappa shape index (κ2) is 9.87. The molecule has 0 amide bonds. The van der Waals surface area contributed by atoms with Gasteiger partial charge in [-0.25, -0.2) is 0 Å². The van der Waals surface area contributed by atoms with Crippen LogP contribution in [0.25, 0.3) is 0 Å². The van der Waals surface area contributed by atoms with Crippen LogP contribution < -0.4 is 5.73 Å². The quantitative estimate of drug-likeness (QED) is 0.382. The summed E-state index contributed by atoms with van der Waals surface area (Å²) < 4.78 is 0. The molecule has 0 heterocycles. The van der Waals surface area contributed by atoms with Crippen molar-refractivity contribution < 1.29 is 34.8 Å². The lowest BCUT2D eigenvalue weighted by molar-refractivity contribution is -0.140. The van der Waals surface area contributed by atoms with Gasteiger partial charge in [-0.2, -0.15) is 0 Å². The van der Waals surface area contributed by atoms with E-state index in [0.29, 0.717) is 0 Å². The third-order valence-electron chi connectivity index (χ3n) is 1.30. The lowest BCUT2D eigenvalue weighted by atomic mass is 10.2. The standard InChI is InChI=1S/C5H8O4.C3H7NO3/c6-4(7)2-1-3-5(8)9;4-2(1-5)3(6)7/h1-3H2,(H,6,7)(H,8,9);2,5H,1,4H2,(H,6,7). The molecule has 0 aromatic carbocycles. The van der Waals surface area contributed by atoms with Gasteiger partial charge in [0.2, 0.25) is 0 Å². The first-order valence-corrected chi connectivity index (χ1v) is 4.34. The molecular formula is C8H15NO7. The summed E-state index contributed by atoms with van der Waals surface area (Å²) in [7, 11) is 0. The molecule has 0 aliphatic heterocycles. The minimum atomic E-state index is -1.18. The van der Waals surface area contributed by atoms with Crippen molar-refractivity contribution in [1.29, 1.82) is 0 Å². The predicted octanol–water partition coefficient (Wildman–Crippen LogP) is -1.28. The number of hydrogen-bond acceptors (Lipinski definition) is 5. The van der Waals surface area contributed by atoms with E-state index < -0.39 is 30.6 Å². The van der Waals surface area contributed by atoms with E-state index in [-0.39, 0.29) is 19.3 Å². The Hall–Kier alpha value is -1.67. The van der Waals surface area contributed by atoms with Gasteiger partial charge in [-0.05, 0) is 6.42 Å². The van der Waals surface area contributed by atoms with Gasteiger partial charge in [0.05, 0.1) is 6.61 Å². The highest BCUT2D eigenvalue weighted by Gasteiger charge is 2.07. The number of hydrogen-bond donors (Lipinski definition) is 5. The van der Waals surface area contributed by atoms with E-state index in [1.54, 1.807) is 0 Å². The second-order valence-electron chi connectivity index (χ2n) is 2.77. The summed E-state index contributed by atoms with van der Waals surface area (Å²) in [6.45, 7) is -0.505. The van der Waals surface area contributed by atoms with Crippen LogP contribution in [0, 0.1) is 0 Å². The number of carbonyl (C=O) groups is 3. The van der Waals surface area contributed by atoms with Crippen molar-refractivity contribution in [1.82, 2.24) is 0 Å². The molecule has 0 rings (SSSR count). The van der Waals surface area contributed by atoms with Crippen molar-refractivity contribution in [2.24, 2.45) is 5.73 Å². The Bertz CT molecular complexity index is 227. The van der Waals surface area contributed by atoms with E-state index in [2.05, 4.69) is 0 Å². The van der Waals surface area contributed by atoms with Gasteiger partial charge in [-0.1, -0.05) is 0 Å². The van der Waals surface area contributed by atoms with E-state index in [1.165, 1.54) is 0 Å². The minimum Gasteiger partial charge on any atom is -0.481 e. The average Bonchev–Trinajstić information content (AvgIpc) is 2.16. The monoisotopic (exact) mass is 237 g/mol. The highest BCUT2D eigenvalue weighted by atomic mass is 16.4. The van der Waals surface area contributed by atoms with Crippen LogP contribution in [0.2, 0.25) is 0 Å². The van der Waals surface area contributed by atoms with Gasteiger partial charge in [0.25, 0.3) is 0 Å². The minimum absolute atomic E-state index is 0.0632. The number of carboxylic acid groups (broad SMARTS) is 3.